The average molecular weight is 467 g/mol. The largest absolute Gasteiger partial charge is 0.444 e. The number of amides is 3. The van der Waals surface area contributed by atoms with Crippen LogP contribution in [0, 0.1) is 0 Å². The highest BCUT2D eigenvalue weighted by molar-refractivity contribution is 5.98. The fourth-order valence-corrected chi connectivity index (χ4v) is 3.93. The molecular formula is C24H30N6O4. The van der Waals surface area contributed by atoms with E-state index < -0.39 is 11.7 Å². The number of hydrogen-bond donors (Lipinski definition) is 3. The zero-order valence-corrected chi connectivity index (χ0v) is 19.9. The van der Waals surface area contributed by atoms with E-state index in [0.717, 1.165) is 22.2 Å². The van der Waals surface area contributed by atoms with Crippen LogP contribution >= 0.6 is 0 Å². The van der Waals surface area contributed by atoms with E-state index in [-0.39, 0.29) is 24.9 Å². The van der Waals surface area contributed by atoms with E-state index in [1.54, 1.807) is 32.7 Å². The molecule has 3 N–H and O–H groups in total. The summed E-state index contributed by atoms with van der Waals surface area (Å²) in [6, 6.07) is 9.59. The molecule has 1 aliphatic heterocycles. The molecule has 4 rings (SSSR count). The molecule has 34 heavy (non-hydrogen) atoms. The van der Waals surface area contributed by atoms with Gasteiger partial charge in [-0.15, -0.1) is 0 Å². The third-order valence-corrected chi connectivity index (χ3v) is 5.65. The summed E-state index contributed by atoms with van der Waals surface area (Å²) < 4.78 is 5.21. The maximum Gasteiger partial charge on any atom is 0.407 e. The maximum absolute atomic E-state index is 13.1. The lowest BCUT2D eigenvalue weighted by Gasteiger charge is -2.27. The van der Waals surface area contributed by atoms with Crippen molar-refractivity contribution >= 4 is 28.8 Å². The Morgan fingerprint density at radius 1 is 1.24 bits per heavy atom. The Labute approximate surface area is 197 Å². The maximum atomic E-state index is 13.1. The van der Waals surface area contributed by atoms with E-state index in [9.17, 15) is 14.4 Å². The van der Waals surface area contributed by atoms with E-state index in [1.165, 1.54) is 4.90 Å². The Kier molecular flexibility index (Phi) is 6.32. The van der Waals surface area contributed by atoms with Crippen LogP contribution in [-0.4, -0.2) is 75.2 Å². The predicted octanol–water partition coefficient (Wildman–Crippen LogP) is 2.69. The summed E-state index contributed by atoms with van der Waals surface area (Å²) in [7, 11) is 1.65. The van der Waals surface area contributed by atoms with Gasteiger partial charge in [-0.05, 0) is 32.9 Å². The van der Waals surface area contributed by atoms with Gasteiger partial charge in [0, 0.05) is 55.3 Å². The molecule has 2 aromatic heterocycles. The lowest BCUT2D eigenvalue weighted by Crippen LogP contribution is -2.40. The number of aromatic amines is 2. The van der Waals surface area contributed by atoms with Crippen molar-refractivity contribution in [1.82, 2.24) is 30.3 Å². The summed E-state index contributed by atoms with van der Waals surface area (Å²) in [4.78, 5) is 44.4. The van der Waals surface area contributed by atoms with E-state index in [4.69, 9.17) is 4.74 Å². The second-order valence-corrected chi connectivity index (χ2v) is 9.43. The highest BCUT2D eigenvalue weighted by Gasteiger charge is 2.30. The molecular weight excluding hydrogens is 436 g/mol. The van der Waals surface area contributed by atoms with E-state index in [0.29, 0.717) is 30.9 Å². The van der Waals surface area contributed by atoms with Gasteiger partial charge >= 0.3 is 6.09 Å². The van der Waals surface area contributed by atoms with Gasteiger partial charge in [0.1, 0.15) is 11.3 Å². The van der Waals surface area contributed by atoms with Gasteiger partial charge in [-0.1, -0.05) is 18.2 Å². The Morgan fingerprint density at radius 2 is 2.00 bits per heavy atom. The summed E-state index contributed by atoms with van der Waals surface area (Å²) in [5, 5.41) is 10.8. The van der Waals surface area contributed by atoms with Crippen LogP contribution in [0.1, 0.15) is 53.0 Å². The van der Waals surface area contributed by atoms with Crippen molar-refractivity contribution in [2.45, 2.75) is 39.3 Å². The number of nitrogens with one attached hydrogen (secondary N) is 3. The fourth-order valence-electron chi connectivity index (χ4n) is 3.93. The first-order valence-corrected chi connectivity index (χ1v) is 11.3. The van der Waals surface area contributed by atoms with Crippen LogP contribution in [0.25, 0.3) is 10.9 Å². The number of carbonyl (C=O) groups is 3. The summed E-state index contributed by atoms with van der Waals surface area (Å²) in [6.45, 7) is 6.73. The number of benzene rings is 1. The van der Waals surface area contributed by atoms with Crippen LogP contribution in [0.2, 0.25) is 0 Å². The molecule has 0 spiro atoms. The first-order chi connectivity index (χ1) is 16.1. The van der Waals surface area contributed by atoms with Crippen LogP contribution < -0.4 is 5.32 Å². The van der Waals surface area contributed by atoms with Crippen molar-refractivity contribution < 1.29 is 19.1 Å². The molecule has 3 amide bonds. The summed E-state index contributed by atoms with van der Waals surface area (Å²) in [5.74, 6) is -0.389. The SMILES string of the molecule is CN(CCNC(=O)OC(C)(C)C)C(=O)c1n[nH]c2c1CN(C(=O)c1cc3ccccc3[nH]1)CC2. The average Bonchev–Trinajstić information content (AvgIpc) is 3.40. The van der Waals surface area contributed by atoms with Gasteiger partial charge in [-0.25, -0.2) is 4.79 Å². The number of hydrogen-bond acceptors (Lipinski definition) is 5. The molecule has 10 nitrogen and oxygen atoms in total. The molecule has 3 heterocycles. The molecule has 0 saturated heterocycles. The van der Waals surface area contributed by atoms with Gasteiger partial charge in [0.05, 0.1) is 6.54 Å². The van der Waals surface area contributed by atoms with Crippen molar-refractivity contribution in [3.63, 3.8) is 0 Å². The number of likely N-dealkylation sites (N-methyl/N-ethyl adjacent to an activating group) is 1. The smallest absolute Gasteiger partial charge is 0.407 e. The zero-order valence-electron chi connectivity index (χ0n) is 19.9. The van der Waals surface area contributed by atoms with Crippen LogP contribution in [-0.2, 0) is 17.7 Å². The Balaban J connectivity index is 1.39. The molecule has 0 unspecified atom stereocenters. The monoisotopic (exact) mass is 466 g/mol. The van der Waals surface area contributed by atoms with Crippen molar-refractivity contribution in [3.8, 4) is 0 Å². The lowest BCUT2D eigenvalue weighted by molar-refractivity contribution is 0.0517. The van der Waals surface area contributed by atoms with Crippen LogP contribution in [0.15, 0.2) is 30.3 Å². The number of alkyl carbamates (subject to hydrolysis) is 1. The number of fused-ring (bicyclic) bond motifs is 2. The molecule has 10 heteroatoms. The molecule has 0 atom stereocenters. The third kappa shape index (κ3) is 5.05. The van der Waals surface area contributed by atoms with Gasteiger partial charge in [0.25, 0.3) is 11.8 Å². The number of H-pyrrole nitrogens is 2. The molecule has 3 aromatic rings. The standard InChI is InChI=1S/C24H30N6O4/c1-24(2,3)34-23(33)25-10-12-29(4)22(32)20-16-14-30(11-9-18(16)27-28-20)21(31)19-13-15-7-5-6-8-17(15)26-19/h5-8,13,26H,9-12,14H2,1-4H3,(H,25,33)(H,27,28). The topological polar surface area (TPSA) is 123 Å². The quantitative estimate of drug-likeness (QED) is 0.533. The minimum atomic E-state index is -0.587. The van der Waals surface area contributed by atoms with E-state index >= 15 is 0 Å². The number of nitrogens with zero attached hydrogens (tertiary/aromatic N) is 3. The Bertz CT molecular complexity index is 1190. The minimum Gasteiger partial charge on any atom is -0.444 e. The van der Waals surface area contributed by atoms with Crippen molar-refractivity contribution in [2.75, 3.05) is 26.7 Å². The van der Waals surface area contributed by atoms with Gasteiger partial charge in [0.15, 0.2) is 5.69 Å². The molecule has 1 aromatic carbocycles. The molecule has 180 valence electrons. The van der Waals surface area contributed by atoms with Gasteiger partial charge in [-0.2, -0.15) is 5.10 Å². The number of aromatic nitrogens is 3. The second kappa shape index (κ2) is 9.20. The van der Waals surface area contributed by atoms with Crippen molar-refractivity contribution in [2.24, 2.45) is 0 Å². The van der Waals surface area contributed by atoms with Crippen molar-refractivity contribution in [1.29, 1.82) is 0 Å². The fraction of sp³-hybridized carbons (Fsp3) is 0.417. The summed E-state index contributed by atoms with van der Waals surface area (Å²) in [6.07, 6.45) is 0.0579. The third-order valence-electron chi connectivity index (χ3n) is 5.65. The summed E-state index contributed by atoms with van der Waals surface area (Å²) in [5.41, 5.74) is 2.73. The lowest BCUT2D eigenvalue weighted by atomic mass is 10.0. The second-order valence-electron chi connectivity index (χ2n) is 9.43. The molecule has 0 radical (unpaired) electrons. The highest BCUT2D eigenvalue weighted by atomic mass is 16.6. The predicted molar refractivity (Wildman–Crippen MR) is 127 cm³/mol. The van der Waals surface area contributed by atoms with Crippen LogP contribution in [0.4, 0.5) is 4.79 Å². The molecule has 0 fully saturated rings. The number of para-hydroxylation sites is 1. The number of carbonyl (C=O) groups excluding carboxylic acids is 3. The number of ether oxygens (including phenoxy) is 1. The van der Waals surface area contributed by atoms with Gasteiger partial charge < -0.3 is 24.8 Å². The first-order valence-electron chi connectivity index (χ1n) is 11.3. The Morgan fingerprint density at radius 3 is 2.74 bits per heavy atom. The van der Waals surface area contributed by atoms with E-state index in [1.807, 2.05) is 30.3 Å². The normalized spacial score (nSPS) is 13.5. The zero-order chi connectivity index (χ0) is 24.5. The molecule has 0 aliphatic carbocycles. The molecule has 1 aliphatic rings. The molecule has 0 saturated carbocycles. The summed E-state index contributed by atoms with van der Waals surface area (Å²) >= 11 is 0. The minimum absolute atomic E-state index is 0.114. The number of rotatable bonds is 5. The van der Waals surface area contributed by atoms with Crippen LogP contribution in [0.5, 0.6) is 0 Å². The van der Waals surface area contributed by atoms with E-state index in [2.05, 4.69) is 20.5 Å². The highest BCUT2D eigenvalue weighted by Crippen LogP contribution is 2.24. The van der Waals surface area contributed by atoms with Gasteiger partial charge in [0.2, 0.25) is 0 Å². The molecule has 0 bridgehead atoms. The van der Waals surface area contributed by atoms with Crippen LogP contribution in [0.3, 0.4) is 0 Å². The van der Waals surface area contributed by atoms with Gasteiger partial charge in [-0.3, -0.25) is 14.7 Å². The Hall–Kier alpha value is -3.82. The van der Waals surface area contributed by atoms with Crippen molar-refractivity contribution in [3.05, 3.63) is 53.0 Å². The first kappa shape index (κ1) is 23.3.